The number of amides is 1. The fraction of sp³-hybridized carbons (Fsp3) is 0.429. The molecular weight excluding hydrogens is 359 g/mol. The zero-order valence-corrected chi connectivity index (χ0v) is 16.5. The molecule has 1 atom stereocenters. The second kappa shape index (κ2) is 8.14. The van der Waals surface area contributed by atoms with E-state index >= 15 is 0 Å². The molecule has 2 aromatic heterocycles. The lowest BCUT2D eigenvalue weighted by atomic mass is 10.0. The maximum Gasteiger partial charge on any atom is 0.255 e. The first-order valence-corrected chi connectivity index (χ1v) is 9.61. The average Bonchev–Trinajstić information content (AvgIpc) is 3.02. The van der Waals surface area contributed by atoms with Crippen molar-refractivity contribution in [2.24, 2.45) is 0 Å². The molecule has 1 unspecified atom stereocenters. The van der Waals surface area contributed by atoms with Crippen molar-refractivity contribution in [1.29, 1.82) is 0 Å². The smallest absolute Gasteiger partial charge is 0.255 e. The summed E-state index contributed by atoms with van der Waals surface area (Å²) in [6.07, 6.45) is 0.386. The Labute approximate surface area is 163 Å². The van der Waals surface area contributed by atoms with Gasteiger partial charge in [-0.05, 0) is 32.4 Å². The minimum Gasteiger partial charge on any atom is -0.387 e. The quantitative estimate of drug-likeness (QED) is 0.444. The Kier molecular flexibility index (Phi) is 5.84. The molecule has 4 N–H and O–H groups in total. The molecule has 0 spiro atoms. The number of para-hydroxylation sites is 1. The van der Waals surface area contributed by atoms with E-state index in [-0.39, 0.29) is 6.54 Å². The number of H-pyrrole nitrogens is 1. The molecule has 1 aromatic carbocycles. The van der Waals surface area contributed by atoms with Crippen molar-refractivity contribution < 1.29 is 14.3 Å². The van der Waals surface area contributed by atoms with Crippen LogP contribution in [0.1, 0.15) is 44.0 Å². The van der Waals surface area contributed by atoms with E-state index in [2.05, 4.69) is 27.5 Å². The van der Waals surface area contributed by atoms with Crippen molar-refractivity contribution in [3.63, 3.8) is 0 Å². The second-order valence-electron chi connectivity index (χ2n) is 7.56. The number of nitrogens with zero attached hydrogens (tertiary/aromatic N) is 1. The number of unbranched alkanes of at least 4 members (excludes halogenated alkanes) is 1. The monoisotopic (exact) mass is 386 g/mol. The molecule has 0 saturated heterocycles. The topological polar surface area (TPSA) is 90.0 Å². The first-order chi connectivity index (χ1) is 13.3. The number of pyridine rings is 1. The Bertz CT molecular complexity index is 978. The van der Waals surface area contributed by atoms with Crippen molar-refractivity contribution in [2.75, 3.05) is 18.4 Å². The van der Waals surface area contributed by atoms with Crippen LogP contribution in [0.15, 0.2) is 30.3 Å². The van der Waals surface area contributed by atoms with Crippen molar-refractivity contribution in [1.82, 2.24) is 15.3 Å². The molecule has 28 heavy (non-hydrogen) atoms. The standard InChI is InChI=1S/C21H27FN4O2/c1-4-5-10-23-19-14(20(27)24-12-17(22)21(2,3)28)11-16-18(26-19)13-8-6-7-9-15(13)25-16/h6-9,11,17,25,28H,4-5,10,12H2,1-3H3,(H,23,26)(H,24,27). The molecule has 3 aromatic rings. The van der Waals surface area contributed by atoms with E-state index in [9.17, 15) is 14.3 Å². The molecule has 0 bridgehead atoms. The van der Waals surface area contributed by atoms with Crippen molar-refractivity contribution in [3.8, 4) is 0 Å². The Balaban J connectivity index is 1.95. The second-order valence-corrected chi connectivity index (χ2v) is 7.56. The van der Waals surface area contributed by atoms with Crippen LogP contribution in [0.5, 0.6) is 0 Å². The average molecular weight is 386 g/mol. The van der Waals surface area contributed by atoms with Crippen LogP contribution in [0.2, 0.25) is 0 Å². The van der Waals surface area contributed by atoms with Gasteiger partial charge >= 0.3 is 0 Å². The summed E-state index contributed by atoms with van der Waals surface area (Å²) < 4.78 is 14.0. The zero-order chi connectivity index (χ0) is 20.3. The molecule has 3 rings (SSSR count). The molecule has 0 aliphatic heterocycles. The lowest BCUT2D eigenvalue weighted by Gasteiger charge is -2.22. The van der Waals surface area contributed by atoms with E-state index in [4.69, 9.17) is 0 Å². The van der Waals surface area contributed by atoms with Crippen LogP contribution in [0.3, 0.4) is 0 Å². The minimum atomic E-state index is -1.57. The van der Waals surface area contributed by atoms with Crippen LogP contribution in [-0.4, -0.2) is 45.8 Å². The number of aromatic nitrogens is 2. The largest absolute Gasteiger partial charge is 0.387 e. The van der Waals surface area contributed by atoms with Crippen LogP contribution in [0.25, 0.3) is 21.9 Å². The minimum absolute atomic E-state index is 0.276. The van der Waals surface area contributed by atoms with E-state index < -0.39 is 17.7 Å². The lowest BCUT2D eigenvalue weighted by Crippen LogP contribution is -2.42. The van der Waals surface area contributed by atoms with Gasteiger partial charge in [-0.15, -0.1) is 0 Å². The van der Waals surface area contributed by atoms with Gasteiger partial charge in [0.15, 0.2) is 0 Å². The predicted molar refractivity (Wildman–Crippen MR) is 111 cm³/mol. The van der Waals surface area contributed by atoms with Gasteiger partial charge in [0.2, 0.25) is 0 Å². The molecular formula is C21H27FN4O2. The highest BCUT2D eigenvalue weighted by molar-refractivity contribution is 6.09. The Morgan fingerprint density at radius 2 is 2.07 bits per heavy atom. The summed E-state index contributed by atoms with van der Waals surface area (Å²) in [5.41, 5.74) is 1.29. The van der Waals surface area contributed by atoms with E-state index in [0.29, 0.717) is 17.9 Å². The number of rotatable bonds is 8. The summed E-state index contributed by atoms with van der Waals surface area (Å²) >= 11 is 0. The molecule has 0 aliphatic carbocycles. The SMILES string of the molecule is CCCCNc1nc2c(cc1C(=O)NCC(F)C(C)(C)O)[nH]c1ccccc12. The molecule has 0 radical (unpaired) electrons. The molecule has 0 saturated carbocycles. The van der Waals surface area contributed by atoms with Gasteiger partial charge in [-0.3, -0.25) is 4.79 Å². The highest BCUT2D eigenvalue weighted by Crippen LogP contribution is 2.27. The summed E-state index contributed by atoms with van der Waals surface area (Å²) in [7, 11) is 0. The summed E-state index contributed by atoms with van der Waals surface area (Å²) in [4.78, 5) is 20.7. The fourth-order valence-corrected chi connectivity index (χ4v) is 2.98. The number of hydrogen-bond donors (Lipinski definition) is 4. The summed E-state index contributed by atoms with van der Waals surface area (Å²) in [6.45, 7) is 5.25. The molecule has 0 aliphatic rings. The van der Waals surface area contributed by atoms with Crippen molar-refractivity contribution >= 4 is 33.7 Å². The maximum absolute atomic E-state index is 14.0. The maximum atomic E-state index is 14.0. The number of carbonyl (C=O) groups is 1. The Morgan fingerprint density at radius 3 is 2.79 bits per heavy atom. The van der Waals surface area contributed by atoms with Gasteiger partial charge in [-0.2, -0.15) is 0 Å². The summed E-state index contributed by atoms with van der Waals surface area (Å²) in [5, 5.41) is 16.5. The van der Waals surface area contributed by atoms with E-state index in [1.165, 1.54) is 13.8 Å². The molecule has 1 amide bonds. The van der Waals surface area contributed by atoms with Crippen LogP contribution in [0.4, 0.5) is 10.2 Å². The fourth-order valence-electron chi connectivity index (χ4n) is 2.98. The van der Waals surface area contributed by atoms with Crippen LogP contribution < -0.4 is 10.6 Å². The Hall–Kier alpha value is -2.67. The van der Waals surface area contributed by atoms with Crippen molar-refractivity contribution in [2.45, 2.75) is 45.4 Å². The van der Waals surface area contributed by atoms with Gasteiger partial charge in [0.1, 0.15) is 12.0 Å². The van der Waals surface area contributed by atoms with Crippen molar-refractivity contribution in [3.05, 3.63) is 35.9 Å². The normalized spacial score (nSPS) is 13.0. The first-order valence-electron chi connectivity index (χ1n) is 9.61. The number of nitrogens with one attached hydrogen (secondary N) is 3. The van der Waals surface area contributed by atoms with E-state index in [1.807, 2.05) is 24.3 Å². The summed E-state index contributed by atoms with van der Waals surface area (Å²) in [6, 6.07) is 9.55. The number of hydrogen-bond acceptors (Lipinski definition) is 4. The highest BCUT2D eigenvalue weighted by Gasteiger charge is 2.27. The van der Waals surface area contributed by atoms with Gasteiger partial charge in [0.25, 0.3) is 5.91 Å². The van der Waals surface area contributed by atoms with Gasteiger partial charge in [0.05, 0.1) is 28.7 Å². The van der Waals surface area contributed by atoms with Crippen LogP contribution in [0, 0.1) is 0 Å². The zero-order valence-electron chi connectivity index (χ0n) is 16.5. The lowest BCUT2D eigenvalue weighted by molar-refractivity contribution is -0.00177. The third-order valence-corrected chi connectivity index (χ3v) is 4.75. The predicted octanol–water partition coefficient (Wildman–Crippen LogP) is 3.77. The van der Waals surface area contributed by atoms with Gasteiger partial charge < -0.3 is 20.7 Å². The number of aliphatic hydroxyl groups is 1. The number of fused-ring (bicyclic) bond motifs is 3. The van der Waals surface area contributed by atoms with E-state index in [1.54, 1.807) is 6.07 Å². The number of benzene rings is 1. The van der Waals surface area contributed by atoms with Crippen LogP contribution in [-0.2, 0) is 0 Å². The first kappa shape index (κ1) is 20.1. The van der Waals surface area contributed by atoms with Gasteiger partial charge in [-0.25, -0.2) is 9.37 Å². The van der Waals surface area contributed by atoms with Gasteiger partial charge in [-0.1, -0.05) is 31.5 Å². The highest BCUT2D eigenvalue weighted by atomic mass is 19.1. The van der Waals surface area contributed by atoms with Crippen LogP contribution >= 0.6 is 0 Å². The molecule has 6 nitrogen and oxygen atoms in total. The number of carbonyl (C=O) groups excluding carboxylic acids is 1. The van der Waals surface area contributed by atoms with Gasteiger partial charge in [0, 0.05) is 17.4 Å². The summed E-state index contributed by atoms with van der Waals surface area (Å²) in [5.74, 6) is 0.0424. The molecule has 0 fully saturated rings. The molecule has 150 valence electrons. The number of anilines is 1. The number of aromatic amines is 1. The third kappa shape index (κ3) is 4.25. The van der Waals surface area contributed by atoms with E-state index in [0.717, 1.165) is 34.8 Å². The number of halogens is 1. The third-order valence-electron chi connectivity index (χ3n) is 4.75. The number of alkyl halides is 1. The molecule has 7 heteroatoms. The Morgan fingerprint density at radius 1 is 1.32 bits per heavy atom. The molecule has 2 heterocycles.